The van der Waals surface area contributed by atoms with E-state index in [0.717, 1.165) is 10.0 Å². The molecule has 8 heteroatoms. The zero-order valence-corrected chi connectivity index (χ0v) is 16.7. The van der Waals surface area contributed by atoms with Gasteiger partial charge in [0.2, 0.25) is 5.91 Å². The summed E-state index contributed by atoms with van der Waals surface area (Å²) < 4.78 is 6.43. The number of piperazine rings is 1. The molecule has 1 fully saturated rings. The van der Waals surface area contributed by atoms with Crippen molar-refractivity contribution in [1.82, 2.24) is 15.1 Å². The van der Waals surface area contributed by atoms with Crippen molar-refractivity contribution in [3.63, 3.8) is 0 Å². The molecular formula is C16H24BrN3O3S. The van der Waals surface area contributed by atoms with Crippen LogP contribution in [0, 0.1) is 0 Å². The normalized spacial score (nSPS) is 15.5. The smallest absolute Gasteiger partial charge is 0.410 e. The lowest BCUT2D eigenvalue weighted by atomic mass is 10.2. The van der Waals surface area contributed by atoms with E-state index in [9.17, 15) is 9.59 Å². The fourth-order valence-electron chi connectivity index (χ4n) is 2.31. The molecule has 1 saturated heterocycles. The number of nitrogens with zero attached hydrogens (tertiary/aromatic N) is 2. The van der Waals surface area contributed by atoms with Crippen LogP contribution in [0.4, 0.5) is 4.79 Å². The Morgan fingerprint density at radius 1 is 1.21 bits per heavy atom. The van der Waals surface area contributed by atoms with E-state index in [4.69, 9.17) is 4.74 Å². The van der Waals surface area contributed by atoms with Gasteiger partial charge in [-0.15, -0.1) is 0 Å². The quantitative estimate of drug-likeness (QED) is 0.817. The number of hydrogen-bond donors (Lipinski definition) is 1. The highest BCUT2D eigenvalue weighted by Gasteiger charge is 2.27. The van der Waals surface area contributed by atoms with E-state index in [1.165, 1.54) is 0 Å². The maximum absolute atomic E-state index is 12.2. The van der Waals surface area contributed by atoms with Gasteiger partial charge < -0.3 is 19.9 Å². The minimum Gasteiger partial charge on any atom is -0.444 e. The van der Waals surface area contributed by atoms with Crippen LogP contribution >= 0.6 is 27.3 Å². The maximum atomic E-state index is 12.2. The third kappa shape index (κ3) is 5.75. The van der Waals surface area contributed by atoms with Gasteiger partial charge in [0.05, 0.1) is 6.54 Å². The van der Waals surface area contributed by atoms with Crippen LogP contribution in [0.3, 0.4) is 0 Å². The van der Waals surface area contributed by atoms with E-state index in [2.05, 4.69) is 26.6 Å². The number of amides is 2. The van der Waals surface area contributed by atoms with E-state index in [0.29, 0.717) is 39.3 Å². The minimum absolute atomic E-state index is 0.0604. The number of rotatable bonds is 4. The summed E-state index contributed by atoms with van der Waals surface area (Å²) in [4.78, 5) is 27.7. The first-order valence-electron chi connectivity index (χ1n) is 7.93. The molecule has 0 spiro atoms. The fourth-order valence-corrected chi connectivity index (χ4v) is 3.76. The summed E-state index contributed by atoms with van der Waals surface area (Å²) in [5, 5.41) is 7.25. The molecule has 0 aromatic carbocycles. The molecule has 0 aliphatic carbocycles. The number of carbonyl (C=O) groups excluding carboxylic acids is 2. The summed E-state index contributed by atoms with van der Waals surface area (Å²) in [6.45, 7) is 8.62. The lowest BCUT2D eigenvalue weighted by Gasteiger charge is -2.35. The highest BCUT2D eigenvalue weighted by molar-refractivity contribution is 9.10. The average Bonchev–Trinajstić information content (AvgIpc) is 2.91. The van der Waals surface area contributed by atoms with Crippen LogP contribution < -0.4 is 5.32 Å². The Hall–Kier alpha value is -1.12. The molecule has 134 valence electrons. The fraction of sp³-hybridized carbons (Fsp3) is 0.625. The second-order valence-corrected chi connectivity index (χ2v) is 8.29. The predicted octanol–water partition coefficient (Wildman–Crippen LogP) is 2.68. The summed E-state index contributed by atoms with van der Waals surface area (Å²) >= 11 is 5.10. The van der Waals surface area contributed by atoms with Crippen LogP contribution in [0.1, 0.15) is 26.3 Å². The highest BCUT2D eigenvalue weighted by Crippen LogP contribution is 2.20. The lowest BCUT2D eigenvalue weighted by Crippen LogP contribution is -2.53. The monoisotopic (exact) mass is 417 g/mol. The molecule has 2 amide bonds. The van der Waals surface area contributed by atoms with Gasteiger partial charge in [-0.25, -0.2) is 4.79 Å². The molecule has 1 aromatic heterocycles. The molecule has 2 rings (SSSR count). The molecule has 1 aliphatic rings. The van der Waals surface area contributed by atoms with Crippen molar-refractivity contribution < 1.29 is 14.3 Å². The van der Waals surface area contributed by atoms with Crippen molar-refractivity contribution in [2.75, 3.05) is 32.7 Å². The second kappa shape index (κ2) is 8.31. The van der Waals surface area contributed by atoms with E-state index in [1.54, 1.807) is 21.1 Å². The van der Waals surface area contributed by atoms with E-state index in [1.807, 2.05) is 26.2 Å². The molecule has 1 aromatic rings. The Bertz CT molecular complexity index is 577. The molecule has 6 nitrogen and oxygen atoms in total. The zero-order chi connectivity index (χ0) is 17.7. The molecule has 1 N–H and O–H groups in total. The number of ether oxygens (including phenoxy) is 1. The van der Waals surface area contributed by atoms with Crippen LogP contribution in [0.2, 0.25) is 0 Å². The number of carbonyl (C=O) groups is 2. The largest absolute Gasteiger partial charge is 0.444 e. The first-order chi connectivity index (χ1) is 11.3. The molecule has 1 aliphatic heterocycles. The van der Waals surface area contributed by atoms with Gasteiger partial charge in [-0.05, 0) is 47.6 Å². The Morgan fingerprint density at radius 3 is 2.38 bits per heavy atom. The van der Waals surface area contributed by atoms with E-state index >= 15 is 0 Å². The van der Waals surface area contributed by atoms with Crippen molar-refractivity contribution in [1.29, 1.82) is 0 Å². The van der Waals surface area contributed by atoms with E-state index < -0.39 is 5.60 Å². The van der Waals surface area contributed by atoms with Crippen molar-refractivity contribution in [3.05, 3.63) is 20.8 Å². The summed E-state index contributed by atoms with van der Waals surface area (Å²) in [7, 11) is 0. The molecule has 0 atom stereocenters. The predicted molar refractivity (Wildman–Crippen MR) is 98.1 cm³/mol. The van der Waals surface area contributed by atoms with Gasteiger partial charge in [-0.1, -0.05) is 0 Å². The zero-order valence-electron chi connectivity index (χ0n) is 14.3. The summed E-state index contributed by atoms with van der Waals surface area (Å²) in [6, 6.07) is 0. The second-order valence-electron chi connectivity index (χ2n) is 6.70. The molecule has 2 heterocycles. The topological polar surface area (TPSA) is 61.9 Å². The third-order valence-electron chi connectivity index (χ3n) is 3.56. The number of nitrogens with one attached hydrogen (secondary N) is 1. The average molecular weight is 418 g/mol. The third-order valence-corrected chi connectivity index (χ3v) is 5.40. The van der Waals surface area contributed by atoms with Crippen LogP contribution in [-0.2, 0) is 16.1 Å². The van der Waals surface area contributed by atoms with Gasteiger partial charge in [0.15, 0.2) is 0 Å². The van der Waals surface area contributed by atoms with Crippen LogP contribution in [0.25, 0.3) is 0 Å². The number of hydrogen-bond acceptors (Lipinski definition) is 5. The molecule has 0 saturated carbocycles. The lowest BCUT2D eigenvalue weighted by molar-refractivity contribution is -0.132. The Kier molecular flexibility index (Phi) is 6.65. The van der Waals surface area contributed by atoms with Gasteiger partial charge in [-0.2, -0.15) is 11.3 Å². The van der Waals surface area contributed by atoms with Gasteiger partial charge in [0, 0.05) is 42.6 Å². The van der Waals surface area contributed by atoms with Gasteiger partial charge in [-0.3, -0.25) is 4.79 Å². The van der Waals surface area contributed by atoms with Crippen LogP contribution in [-0.4, -0.2) is 60.1 Å². The molecule has 0 bridgehead atoms. The Labute approximate surface area is 155 Å². The van der Waals surface area contributed by atoms with Crippen molar-refractivity contribution in [3.8, 4) is 0 Å². The van der Waals surface area contributed by atoms with Crippen LogP contribution in [0.15, 0.2) is 15.2 Å². The summed E-state index contributed by atoms with van der Waals surface area (Å²) in [5.41, 5.74) is 0.659. The van der Waals surface area contributed by atoms with Crippen LogP contribution in [0.5, 0.6) is 0 Å². The van der Waals surface area contributed by atoms with E-state index in [-0.39, 0.29) is 12.0 Å². The van der Waals surface area contributed by atoms with Gasteiger partial charge >= 0.3 is 6.09 Å². The minimum atomic E-state index is -0.496. The van der Waals surface area contributed by atoms with Crippen molar-refractivity contribution in [2.24, 2.45) is 0 Å². The maximum Gasteiger partial charge on any atom is 0.410 e. The molecular weight excluding hydrogens is 394 g/mol. The van der Waals surface area contributed by atoms with Crippen molar-refractivity contribution >= 4 is 39.3 Å². The number of thiophene rings is 1. The van der Waals surface area contributed by atoms with Gasteiger partial charge in [0.25, 0.3) is 0 Å². The Morgan fingerprint density at radius 2 is 1.83 bits per heavy atom. The summed E-state index contributed by atoms with van der Waals surface area (Å²) in [5.74, 6) is 0.0604. The molecule has 24 heavy (non-hydrogen) atoms. The molecule has 0 radical (unpaired) electrons. The Balaban J connectivity index is 1.70. The summed E-state index contributed by atoms with van der Waals surface area (Å²) in [6.07, 6.45) is -0.310. The van der Waals surface area contributed by atoms with Gasteiger partial charge in [0.1, 0.15) is 5.60 Å². The number of halogens is 1. The SMILES string of the molecule is CC(C)(C)OC(=O)N1CCN(C(=O)CNCc2cscc2Br)CC1. The van der Waals surface area contributed by atoms with Crippen molar-refractivity contribution in [2.45, 2.75) is 32.9 Å². The first-order valence-corrected chi connectivity index (χ1v) is 9.67. The first kappa shape index (κ1) is 19.2. The standard InChI is InChI=1S/C16H24BrN3O3S/c1-16(2,3)23-15(22)20-6-4-19(5-7-20)14(21)9-18-8-12-10-24-11-13(12)17/h10-11,18H,4-9H2,1-3H3. The molecule has 0 unspecified atom stereocenters. The highest BCUT2D eigenvalue weighted by atomic mass is 79.9.